The first-order valence-corrected chi connectivity index (χ1v) is 5.22. The Balaban J connectivity index is 2.71. The van der Waals surface area contributed by atoms with E-state index in [0.717, 1.165) is 6.07 Å². The van der Waals surface area contributed by atoms with Gasteiger partial charge in [0, 0.05) is 11.3 Å². The van der Waals surface area contributed by atoms with Crippen LogP contribution >= 0.6 is 0 Å². The zero-order chi connectivity index (χ0) is 12.6. The lowest BCUT2D eigenvalue weighted by atomic mass is 9.89. The Morgan fingerprint density at radius 2 is 2.06 bits per heavy atom. The molecule has 2 rings (SSSR count). The normalized spacial score (nSPS) is 18.2. The van der Waals surface area contributed by atoms with Crippen LogP contribution in [0.4, 0.5) is 13.2 Å². The van der Waals surface area contributed by atoms with Crippen molar-refractivity contribution in [2.24, 2.45) is 5.16 Å². The Morgan fingerprint density at radius 3 is 2.65 bits per heavy atom. The van der Waals surface area contributed by atoms with Crippen LogP contribution in [0.2, 0.25) is 0 Å². The van der Waals surface area contributed by atoms with Gasteiger partial charge in [0.15, 0.2) is 0 Å². The Morgan fingerprint density at radius 1 is 1.35 bits per heavy atom. The van der Waals surface area contributed by atoms with E-state index in [1.807, 2.05) is 0 Å². The fourth-order valence-corrected chi connectivity index (χ4v) is 2.11. The summed E-state index contributed by atoms with van der Waals surface area (Å²) in [6, 6.07) is 0.995. The zero-order valence-corrected chi connectivity index (χ0v) is 9.17. The second-order valence-corrected chi connectivity index (χ2v) is 4.03. The SMILES string of the molecule is Cc1cc(C(F)(F)F)c2c(n1)CCC/C2=N\O. The van der Waals surface area contributed by atoms with Gasteiger partial charge in [-0.1, -0.05) is 5.16 Å². The lowest BCUT2D eigenvalue weighted by Gasteiger charge is -2.21. The van der Waals surface area contributed by atoms with E-state index in [0.29, 0.717) is 30.7 Å². The van der Waals surface area contributed by atoms with Gasteiger partial charge in [-0.15, -0.1) is 0 Å². The van der Waals surface area contributed by atoms with E-state index < -0.39 is 11.7 Å². The van der Waals surface area contributed by atoms with Crippen molar-refractivity contribution in [2.75, 3.05) is 0 Å². The number of hydrogen-bond acceptors (Lipinski definition) is 3. The Kier molecular flexibility index (Phi) is 2.81. The first kappa shape index (κ1) is 11.9. The molecule has 0 saturated heterocycles. The Bertz CT molecular complexity index is 480. The maximum atomic E-state index is 12.9. The van der Waals surface area contributed by atoms with Gasteiger partial charge in [-0.3, -0.25) is 4.98 Å². The van der Waals surface area contributed by atoms with Crippen molar-refractivity contribution in [1.82, 2.24) is 4.98 Å². The molecule has 0 atom stereocenters. The van der Waals surface area contributed by atoms with Crippen LogP contribution in [0.1, 0.15) is 35.4 Å². The fraction of sp³-hybridized carbons (Fsp3) is 0.455. The van der Waals surface area contributed by atoms with Gasteiger partial charge in [0.25, 0.3) is 0 Å². The van der Waals surface area contributed by atoms with Gasteiger partial charge in [-0.25, -0.2) is 0 Å². The molecule has 1 aliphatic rings. The summed E-state index contributed by atoms with van der Waals surface area (Å²) >= 11 is 0. The number of rotatable bonds is 0. The van der Waals surface area contributed by atoms with E-state index in [4.69, 9.17) is 5.21 Å². The molecule has 1 N–H and O–H groups in total. The van der Waals surface area contributed by atoms with E-state index in [-0.39, 0.29) is 11.3 Å². The quantitative estimate of drug-likeness (QED) is 0.563. The van der Waals surface area contributed by atoms with Crippen molar-refractivity contribution in [3.63, 3.8) is 0 Å². The highest BCUT2D eigenvalue weighted by atomic mass is 19.4. The molecule has 1 aromatic rings. The van der Waals surface area contributed by atoms with Gasteiger partial charge in [0.1, 0.15) is 0 Å². The van der Waals surface area contributed by atoms with Gasteiger partial charge >= 0.3 is 6.18 Å². The first-order valence-electron chi connectivity index (χ1n) is 5.22. The monoisotopic (exact) mass is 244 g/mol. The summed E-state index contributed by atoms with van der Waals surface area (Å²) in [4.78, 5) is 4.09. The summed E-state index contributed by atoms with van der Waals surface area (Å²) in [6.45, 7) is 1.53. The highest BCUT2D eigenvalue weighted by Crippen LogP contribution is 2.36. The number of fused-ring (bicyclic) bond motifs is 1. The van der Waals surface area contributed by atoms with Crippen molar-refractivity contribution in [1.29, 1.82) is 0 Å². The molecule has 0 bridgehead atoms. The minimum Gasteiger partial charge on any atom is -0.411 e. The first-order chi connectivity index (χ1) is 7.93. The molecule has 1 heterocycles. The van der Waals surface area contributed by atoms with Crippen LogP contribution in [0, 0.1) is 6.92 Å². The van der Waals surface area contributed by atoms with Crippen molar-refractivity contribution in [2.45, 2.75) is 32.4 Å². The van der Waals surface area contributed by atoms with E-state index in [1.165, 1.54) is 6.92 Å². The third-order valence-corrected chi connectivity index (χ3v) is 2.76. The summed E-state index contributed by atoms with van der Waals surface area (Å²) in [5, 5.41) is 11.8. The van der Waals surface area contributed by atoms with Crippen LogP contribution in [0.5, 0.6) is 0 Å². The van der Waals surface area contributed by atoms with E-state index in [1.54, 1.807) is 0 Å². The number of halogens is 3. The average Bonchev–Trinajstić information content (AvgIpc) is 2.25. The summed E-state index contributed by atoms with van der Waals surface area (Å²) < 4.78 is 38.7. The molecular formula is C11H11F3N2O. The van der Waals surface area contributed by atoms with Crippen molar-refractivity contribution < 1.29 is 18.4 Å². The zero-order valence-electron chi connectivity index (χ0n) is 9.17. The van der Waals surface area contributed by atoms with Gasteiger partial charge < -0.3 is 5.21 Å². The molecule has 0 aliphatic heterocycles. The van der Waals surface area contributed by atoms with Gasteiger partial charge in [0.05, 0.1) is 17.0 Å². The van der Waals surface area contributed by atoms with E-state index in [2.05, 4.69) is 10.1 Å². The number of nitrogens with zero attached hydrogens (tertiary/aromatic N) is 2. The molecule has 92 valence electrons. The second-order valence-electron chi connectivity index (χ2n) is 4.03. The standard InChI is InChI=1S/C11H11F3N2O/c1-6-5-7(11(12,13)14)10-8(15-6)3-2-4-9(10)16-17/h5,17H,2-4H2,1H3/b16-9+. The molecule has 0 unspecified atom stereocenters. The topological polar surface area (TPSA) is 45.5 Å². The lowest BCUT2D eigenvalue weighted by Crippen LogP contribution is -2.21. The highest BCUT2D eigenvalue weighted by molar-refractivity contribution is 6.03. The summed E-state index contributed by atoms with van der Waals surface area (Å²) in [6.07, 6.45) is -2.97. The molecule has 1 aromatic heterocycles. The number of oxime groups is 1. The molecule has 0 fully saturated rings. The van der Waals surface area contributed by atoms with Gasteiger partial charge in [-0.2, -0.15) is 13.2 Å². The van der Waals surface area contributed by atoms with Crippen LogP contribution in [0.25, 0.3) is 0 Å². The predicted molar refractivity (Wildman–Crippen MR) is 55.2 cm³/mol. The summed E-state index contributed by atoms with van der Waals surface area (Å²) in [5.41, 5.74) is -0.0259. The number of alkyl halides is 3. The number of pyridine rings is 1. The molecule has 0 aromatic carbocycles. The third-order valence-electron chi connectivity index (χ3n) is 2.76. The van der Waals surface area contributed by atoms with Crippen molar-refractivity contribution in [3.8, 4) is 0 Å². The third kappa shape index (κ3) is 2.11. The maximum Gasteiger partial charge on any atom is 0.417 e. The Hall–Kier alpha value is -1.59. The average molecular weight is 244 g/mol. The number of hydrogen-bond donors (Lipinski definition) is 1. The molecule has 1 aliphatic carbocycles. The Labute approximate surface area is 96.0 Å². The van der Waals surface area contributed by atoms with Crippen molar-refractivity contribution in [3.05, 3.63) is 28.6 Å². The highest BCUT2D eigenvalue weighted by Gasteiger charge is 2.37. The van der Waals surface area contributed by atoms with E-state index in [9.17, 15) is 13.2 Å². The second kappa shape index (κ2) is 4.01. The molecular weight excluding hydrogens is 233 g/mol. The van der Waals surface area contributed by atoms with Gasteiger partial charge in [0.2, 0.25) is 0 Å². The lowest BCUT2D eigenvalue weighted by molar-refractivity contribution is -0.137. The number of aromatic nitrogens is 1. The van der Waals surface area contributed by atoms with Crippen LogP contribution < -0.4 is 0 Å². The minimum atomic E-state index is -4.45. The minimum absolute atomic E-state index is 0.0446. The fourth-order valence-electron chi connectivity index (χ4n) is 2.11. The number of aryl methyl sites for hydroxylation is 2. The summed E-state index contributed by atoms with van der Waals surface area (Å²) in [5.74, 6) is 0. The molecule has 0 amide bonds. The van der Waals surface area contributed by atoms with Gasteiger partial charge in [-0.05, 0) is 32.3 Å². The largest absolute Gasteiger partial charge is 0.417 e. The smallest absolute Gasteiger partial charge is 0.411 e. The molecule has 0 saturated carbocycles. The summed E-state index contributed by atoms with van der Waals surface area (Å²) in [7, 11) is 0. The van der Waals surface area contributed by atoms with E-state index >= 15 is 0 Å². The molecule has 0 spiro atoms. The van der Waals surface area contributed by atoms with Crippen molar-refractivity contribution >= 4 is 5.71 Å². The molecule has 6 heteroatoms. The maximum absolute atomic E-state index is 12.9. The van der Waals surface area contributed by atoms with Crippen LogP contribution in [0.3, 0.4) is 0 Å². The molecule has 0 radical (unpaired) electrons. The van der Waals surface area contributed by atoms with Crippen LogP contribution in [0.15, 0.2) is 11.2 Å². The molecule has 3 nitrogen and oxygen atoms in total. The van der Waals surface area contributed by atoms with Crippen LogP contribution in [-0.2, 0) is 12.6 Å². The van der Waals surface area contributed by atoms with Crippen LogP contribution in [-0.4, -0.2) is 15.9 Å². The molecule has 17 heavy (non-hydrogen) atoms. The predicted octanol–water partition coefficient (Wildman–Crippen LogP) is 2.92.